The molecule has 2 N–H and O–H groups in total. The van der Waals surface area contributed by atoms with E-state index >= 15 is 0 Å². The van der Waals surface area contributed by atoms with Gasteiger partial charge in [-0.3, -0.25) is 9.78 Å². The monoisotopic (exact) mass is 252 g/mol. The molecule has 1 aromatic carbocycles. The molecule has 0 bridgehead atoms. The maximum atomic E-state index is 13.5. The fourth-order valence-electron chi connectivity index (χ4n) is 1.65. The summed E-state index contributed by atoms with van der Waals surface area (Å²) in [5.41, 5.74) is 3.69. The summed E-state index contributed by atoms with van der Waals surface area (Å²) in [6.45, 7) is 0. The predicted molar refractivity (Wildman–Crippen MR) is 58.1 cm³/mol. The van der Waals surface area contributed by atoms with Gasteiger partial charge in [-0.05, 0) is 6.07 Å². The largest absolute Gasteiger partial charge is 0.365 e. The van der Waals surface area contributed by atoms with Crippen molar-refractivity contribution >= 4 is 5.91 Å². The smallest absolute Gasteiger partial charge is 0.252 e. The number of aromatic nitrogens is 1. The summed E-state index contributed by atoms with van der Waals surface area (Å²) in [6.07, 6.45) is 1.54. The lowest BCUT2D eigenvalue weighted by Gasteiger charge is -2.09. The van der Waals surface area contributed by atoms with Crippen LogP contribution in [-0.4, -0.2) is 10.9 Å². The van der Waals surface area contributed by atoms with Gasteiger partial charge in [-0.2, -0.15) is 0 Å². The fraction of sp³-hybridized carbons (Fsp3) is 0. The highest BCUT2D eigenvalue weighted by atomic mass is 19.1. The Morgan fingerprint density at radius 1 is 1.06 bits per heavy atom. The first kappa shape index (κ1) is 12.1. The number of benzene rings is 1. The first-order valence-corrected chi connectivity index (χ1v) is 4.90. The van der Waals surface area contributed by atoms with Crippen molar-refractivity contribution in [2.75, 3.05) is 0 Å². The Morgan fingerprint density at radius 3 is 2.22 bits per heavy atom. The molecule has 92 valence electrons. The molecule has 0 spiro atoms. The molecular weight excluding hydrogens is 245 g/mol. The SMILES string of the molecule is NC(=O)c1c(F)cccc1-c1c(F)cncc1F. The Bertz CT molecular complexity index is 608. The summed E-state index contributed by atoms with van der Waals surface area (Å²) in [5.74, 6) is -4.03. The van der Waals surface area contributed by atoms with E-state index in [4.69, 9.17) is 5.73 Å². The number of hydrogen-bond donors (Lipinski definition) is 1. The molecular formula is C12H7F3N2O. The van der Waals surface area contributed by atoms with Crippen LogP contribution in [0.2, 0.25) is 0 Å². The third-order valence-electron chi connectivity index (χ3n) is 2.38. The minimum absolute atomic E-state index is 0.236. The summed E-state index contributed by atoms with van der Waals surface area (Å²) in [6, 6.07) is 3.43. The summed E-state index contributed by atoms with van der Waals surface area (Å²) < 4.78 is 40.6. The van der Waals surface area contributed by atoms with Crippen molar-refractivity contribution < 1.29 is 18.0 Å². The molecule has 0 unspecified atom stereocenters. The van der Waals surface area contributed by atoms with E-state index in [1.54, 1.807) is 0 Å². The van der Waals surface area contributed by atoms with Crippen molar-refractivity contribution in [1.29, 1.82) is 0 Å². The van der Waals surface area contributed by atoms with Gasteiger partial charge in [0.2, 0.25) is 0 Å². The zero-order valence-electron chi connectivity index (χ0n) is 8.95. The summed E-state index contributed by atoms with van der Waals surface area (Å²) in [4.78, 5) is 14.5. The Hall–Kier alpha value is -2.37. The number of pyridine rings is 1. The lowest BCUT2D eigenvalue weighted by atomic mass is 9.99. The average molecular weight is 252 g/mol. The molecule has 1 aromatic heterocycles. The van der Waals surface area contributed by atoms with Gasteiger partial charge in [0, 0.05) is 5.56 Å². The van der Waals surface area contributed by atoms with Crippen LogP contribution < -0.4 is 5.73 Å². The van der Waals surface area contributed by atoms with E-state index in [2.05, 4.69) is 4.98 Å². The highest BCUT2D eigenvalue weighted by Crippen LogP contribution is 2.29. The van der Waals surface area contributed by atoms with Gasteiger partial charge in [-0.15, -0.1) is 0 Å². The number of hydrogen-bond acceptors (Lipinski definition) is 2. The van der Waals surface area contributed by atoms with Crippen molar-refractivity contribution in [1.82, 2.24) is 4.98 Å². The maximum Gasteiger partial charge on any atom is 0.252 e. The molecule has 0 fully saturated rings. The van der Waals surface area contributed by atoms with Gasteiger partial charge in [-0.1, -0.05) is 12.1 Å². The van der Waals surface area contributed by atoms with Crippen LogP contribution in [0.3, 0.4) is 0 Å². The first-order chi connectivity index (χ1) is 8.52. The molecule has 1 heterocycles. The molecule has 0 radical (unpaired) electrons. The van der Waals surface area contributed by atoms with Crippen LogP contribution in [0.4, 0.5) is 13.2 Å². The minimum atomic E-state index is -1.10. The maximum absolute atomic E-state index is 13.5. The molecule has 2 aromatic rings. The highest BCUT2D eigenvalue weighted by molar-refractivity contribution is 6.00. The predicted octanol–water partition coefficient (Wildman–Crippen LogP) is 2.26. The number of amides is 1. The van der Waals surface area contributed by atoms with Crippen LogP contribution in [-0.2, 0) is 0 Å². The van der Waals surface area contributed by atoms with Crippen molar-refractivity contribution in [3.63, 3.8) is 0 Å². The fourth-order valence-corrected chi connectivity index (χ4v) is 1.65. The third kappa shape index (κ3) is 1.92. The number of primary amides is 1. The standard InChI is InChI=1S/C12H7F3N2O/c13-7-3-1-2-6(11(7)12(16)18)10-8(14)4-17-5-9(10)15/h1-5H,(H2,16,18). The van der Waals surface area contributed by atoms with Gasteiger partial charge in [0.1, 0.15) is 5.82 Å². The number of halogens is 3. The van der Waals surface area contributed by atoms with E-state index in [1.165, 1.54) is 12.1 Å². The molecule has 18 heavy (non-hydrogen) atoms. The Morgan fingerprint density at radius 2 is 1.67 bits per heavy atom. The minimum Gasteiger partial charge on any atom is -0.365 e. The third-order valence-corrected chi connectivity index (χ3v) is 2.38. The van der Waals surface area contributed by atoms with Crippen LogP contribution in [0, 0.1) is 17.5 Å². The molecule has 0 aliphatic carbocycles. The van der Waals surface area contributed by atoms with E-state index in [1.807, 2.05) is 0 Å². The van der Waals surface area contributed by atoms with E-state index in [0.29, 0.717) is 0 Å². The zero-order valence-corrected chi connectivity index (χ0v) is 8.95. The number of carbonyl (C=O) groups is 1. The molecule has 0 atom stereocenters. The Labute approximate surface area is 100 Å². The summed E-state index contributed by atoms with van der Waals surface area (Å²) in [7, 11) is 0. The van der Waals surface area contributed by atoms with Crippen molar-refractivity contribution in [2.45, 2.75) is 0 Å². The van der Waals surface area contributed by atoms with E-state index in [0.717, 1.165) is 18.5 Å². The van der Waals surface area contributed by atoms with Crippen LogP contribution >= 0.6 is 0 Å². The molecule has 0 saturated carbocycles. The molecule has 1 amide bonds. The second-order valence-electron chi connectivity index (χ2n) is 3.50. The van der Waals surface area contributed by atoms with Crippen LogP contribution in [0.1, 0.15) is 10.4 Å². The van der Waals surface area contributed by atoms with E-state index < -0.39 is 34.5 Å². The second kappa shape index (κ2) is 4.48. The number of nitrogens with two attached hydrogens (primary N) is 1. The van der Waals surface area contributed by atoms with Gasteiger partial charge >= 0.3 is 0 Å². The van der Waals surface area contributed by atoms with E-state index in [-0.39, 0.29) is 5.56 Å². The van der Waals surface area contributed by atoms with Gasteiger partial charge in [-0.25, -0.2) is 13.2 Å². The van der Waals surface area contributed by atoms with Crippen LogP contribution in [0.15, 0.2) is 30.6 Å². The normalized spacial score (nSPS) is 10.4. The lowest BCUT2D eigenvalue weighted by molar-refractivity contribution is 0.0997. The molecule has 2 rings (SSSR count). The molecule has 0 aliphatic rings. The van der Waals surface area contributed by atoms with Gasteiger partial charge < -0.3 is 5.73 Å². The molecule has 0 saturated heterocycles. The summed E-state index contributed by atoms with van der Waals surface area (Å²) >= 11 is 0. The Kier molecular flexibility index (Phi) is 3.01. The van der Waals surface area contributed by atoms with Gasteiger partial charge in [0.05, 0.1) is 23.5 Å². The van der Waals surface area contributed by atoms with Gasteiger partial charge in [0.15, 0.2) is 11.6 Å². The van der Waals surface area contributed by atoms with Crippen LogP contribution in [0.25, 0.3) is 11.1 Å². The molecule has 0 aliphatic heterocycles. The lowest BCUT2D eigenvalue weighted by Crippen LogP contribution is -2.15. The summed E-state index contributed by atoms with van der Waals surface area (Å²) in [5, 5.41) is 0. The van der Waals surface area contributed by atoms with Crippen molar-refractivity contribution in [2.24, 2.45) is 5.73 Å². The molecule has 3 nitrogen and oxygen atoms in total. The second-order valence-corrected chi connectivity index (χ2v) is 3.50. The highest BCUT2D eigenvalue weighted by Gasteiger charge is 2.20. The number of carbonyl (C=O) groups excluding carboxylic acids is 1. The zero-order chi connectivity index (χ0) is 13.3. The molecule has 6 heteroatoms. The number of nitrogens with zero attached hydrogens (tertiary/aromatic N) is 1. The Balaban J connectivity index is 2.80. The topological polar surface area (TPSA) is 56.0 Å². The number of rotatable bonds is 2. The van der Waals surface area contributed by atoms with Crippen molar-refractivity contribution in [3.8, 4) is 11.1 Å². The first-order valence-electron chi connectivity index (χ1n) is 4.90. The van der Waals surface area contributed by atoms with Gasteiger partial charge in [0.25, 0.3) is 5.91 Å². The average Bonchev–Trinajstić information content (AvgIpc) is 2.28. The van der Waals surface area contributed by atoms with E-state index in [9.17, 15) is 18.0 Å². The van der Waals surface area contributed by atoms with Crippen molar-refractivity contribution in [3.05, 3.63) is 53.6 Å². The quantitative estimate of drug-likeness (QED) is 0.891. The van der Waals surface area contributed by atoms with Crippen LogP contribution in [0.5, 0.6) is 0 Å².